The lowest BCUT2D eigenvalue weighted by Crippen LogP contribution is -2.41. The number of oxime groups is 1. The van der Waals surface area contributed by atoms with Crippen molar-refractivity contribution in [2.75, 3.05) is 14.2 Å². The summed E-state index contributed by atoms with van der Waals surface area (Å²) in [7, 11) is 3.23. The van der Waals surface area contributed by atoms with Crippen molar-refractivity contribution in [2.45, 2.75) is 12.5 Å². The van der Waals surface area contributed by atoms with Gasteiger partial charge in [0.25, 0.3) is 0 Å². The van der Waals surface area contributed by atoms with Crippen molar-refractivity contribution in [2.24, 2.45) is 34.7 Å². The quantitative estimate of drug-likeness (QED) is 0.768. The summed E-state index contributed by atoms with van der Waals surface area (Å²) in [6.45, 7) is 0. The average molecular weight is 326 g/mol. The predicted octanol–water partition coefficient (Wildman–Crippen LogP) is 1.29. The van der Waals surface area contributed by atoms with E-state index in [0.717, 1.165) is 23.4 Å². The van der Waals surface area contributed by atoms with E-state index in [2.05, 4.69) is 5.16 Å². The van der Waals surface area contributed by atoms with Crippen LogP contribution in [0.2, 0.25) is 0 Å². The summed E-state index contributed by atoms with van der Waals surface area (Å²) in [6.07, 6.45) is 0.808. The van der Waals surface area contributed by atoms with E-state index in [1.54, 1.807) is 14.2 Å². The number of methoxy groups -OCH3 is 1. The topological polar surface area (TPSA) is 68.2 Å². The molecule has 0 aromatic heterocycles. The Balaban J connectivity index is 1.50. The van der Waals surface area contributed by atoms with Gasteiger partial charge < -0.3 is 9.57 Å². The Kier molecular flexibility index (Phi) is 2.68. The van der Waals surface area contributed by atoms with E-state index in [0.29, 0.717) is 0 Å². The molecule has 6 heteroatoms. The fourth-order valence-corrected chi connectivity index (χ4v) is 5.28. The Hall–Kier alpha value is -2.37. The third-order valence-electron chi connectivity index (χ3n) is 6.30. The molecule has 0 unspecified atom stereocenters. The second-order valence-electron chi connectivity index (χ2n) is 7.15. The third kappa shape index (κ3) is 1.53. The first-order valence-electron chi connectivity index (χ1n) is 8.31. The van der Waals surface area contributed by atoms with Crippen molar-refractivity contribution in [3.8, 4) is 5.75 Å². The molecule has 0 radical (unpaired) electrons. The molecule has 6 nitrogen and oxygen atoms in total. The summed E-state index contributed by atoms with van der Waals surface area (Å²) in [5, 5.41) is 4.32. The van der Waals surface area contributed by atoms with Gasteiger partial charge in [0.2, 0.25) is 11.8 Å². The molecule has 2 amide bonds. The Labute approximate surface area is 139 Å². The molecule has 1 aromatic rings. The van der Waals surface area contributed by atoms with Crippen molar-refractivity contribution in [3.05, 3.63) is 29.8 Å². The maximum Gasteiger partial charge on any atom is 0.233 e. The second kappa shape index (κ2) is 4.59. The molecule has 24 heavy (non-hydrogen) atoms. The monoisotopic (exact) mass is 326 g/mol. The zero-order valence-corrected chi connectivity index (χ0v) is 13.5. The highest BCUT2D eigenvalue weighted by Crippen LogP contribution is 2.61. The first-order valence-corrected chi connectivity index (χ1v) is 8.31. The van der Waals surface area contributed by atoms with E-state index >= 15 is 0 Å². The molecule has 2 aliphatic carbocycles. The molecule has 0 N–H and O–H groups in total. The number of amides is 2. The molecule has 2 aliphatic heterocycles. The molecule has 124 valence electrons. The molecule has 2 bridgehead atoms. The van der Waals surface area contributed by atoms with Crippen molar-refractivity contribution >= 4 is 17.5 Å². The molecule has 5 rings (SSSR count). The number of rotatable bonds is 2. The summed E-state index contributed by atoms with van der Waals surface area (Å²) in [6, 6.07) is 7.75. The van der Waals surface area contributed by atoms with Gasteiger partial charge in [-0.15, -0.1) is 0 Å². The van der Waals surface area contributed by atoms with Gasteiger partial charge in [-0.25, -0.2) is 0 Å². The molecule has 4 aliphatic rings. The molecule has 2 saturated carbocycles. The van der Waals surface area contributed by atoms with Gasteiger partial charge >= 0.3 is 0 Å². The van der Waals surface area contributed by atoms with E-state index in [4.69, 9.17) is 9.57 Å². The highest BCUT2D eigenvalue weighted by Gasteiger charge is 2.69. The van der Waals surface area contributed by atoms with Crippen LogP contribution in [-0.2, 0) is 14.4 Å². The number of likely N-dealkylation sites (tertiary alicyclic amines) is 1. The first-order chi connectivity index (χ1) is 11.6. The molecule has 2 heterocycles. The number of carbonyl (C=O) groups is 2. The molecule has 1 aromatic carbocycles. The summed E-state index contributed by atoms with van der Waals surface area (Å²) in [5.41, 5.74) is 1.90. The number of hydrogen-bond donors (Lipinski definition) is 0. The van der Waals surface area contributed by atoms with Crippen LogP contribution < -0.4 is 4.74 Å². The van der Waals surface area contributed by atoms with Crippen LogP contribution in [0.4, 0.5) is 0 Å². The Morgan fingerprint density at radius 3 is 2.42 bits per heavy atom. The van der Waals surface area contributed by atoms with E-state index in [-0.39, 0.29) is 47.5 Å². The van der Waals surface area contributed by atoms with Gasteiger partial charge in [-0.2, -0.15) is 0 Å². The molecule has 0 spiro atoms. The van der Waals surface area contributed by atoms with Gasteiger partial charge in [-0.05, 0) is 36.6 Å². The van der Waals surface area contributed by atoms with Crippen molar-refractivity contribution in [1.82, 2.24) is 4.90 Å². The Bertz CT molecular complexity index is 772. The third-order valence-corrected chi connectivity index (χ3v) is 6.30. The van der Waals surface area contributed by atoms with Crippen molar-refractivity contribution < 1.29 is 19.2 Å². The smallest absolute Gasteiger partial charge is 0.233 e. The summed E-state index contributed by atoms with van der Waals surface area (Å²) in [5.74, 6) is 0.669. The van der Waals surface area contributed by atoms with Gasteiger partial charge in [0.15, 0.2) is 0 Å². The van der Waals surface area contributed by atoms with Gasteiger partial charge in [-0.3, -0.25) is 14.5 Å². The number of hydrogen-bond acceptors (Lipinski definition) is 5. The zero-order chi connectivity index (χ0) is 16.6. The van der Waals surface area contributed by atoms with Crippen LogP contribution >= 0.6 is 0 Å². The zero-order valence-electron chi connectivity index (χ0n) is 13.5. The minimum atomic E-state index is -0.209. The summed E-state index contributed by atoms with van der Waals surface area (Å²) >= 11 is 0. The van der Waals surface area contributed by atoms with Gasteiger partial charge in [0, 0.05) is 24.4 Å². The number of fused-ring (bicyclic) bond motifs is 8. The largest absolute Gasteiger partial charge is 0.497 e. The summed E-state index contributed by atoms with van der Waals surface area (Å²) in [4.78, 5) is 31.9. The molecule has 6 atom stereocenters. The second-order valence-corrected chi connectivity index (χ2v) is 7.15. The minimum absolute atomic E-state index is 0.0306. The highest BCUT2D eigenvalue weighted by molar-refractivity contribution is 6.08. The number of ether oxygens (including phenoxy) is 1. The Morgan fingerprint density at radius 2 is 1.75 bits per heavy atom. The SMILES string of the molecule is COc1ccc(C2=NO[C@@H]3[C@H]4C[C@H]([C@H]5C(=O)N(C)C(=O)[C@@H]45)[C@H]23)cc1. The normalized spacial score (nSPS) is 38.9. The predicted molar refractivity (Wildman–Crippen MR) is 84.2 cm³/mol. The van der Waals surface area contributed by atoms with Crippen molar-refractivity contribution in [1.29, 1.82) is 0 Å². The van der Waals surface area contributed by atoms with Crippen LogP contribution in [0.5, 0.6) is 5.75 Å². The van der Waals surface area contributed by atoms with Crippen LogP contribution in [0.25, 0.3) is 0 Å². The van der Waals surface area contributed by atoms with Gasteiger partial charge in [-0.1, -0.05) is 5.16 Å². The van der Waals surface area contributed by atoms with E-state index in [1.807, 2.05) is 24.3 Å². The van der Waals surface area contributed by atoms with Crippen LogP contribution in [0.3, 0.4) is 0 Å². The first kappa shape index (κ1) is 14.0. The minimum Gasteiger partial charge on any atom is -0.497 e. The number of imide groups is 1. The summed E-state index contributed by atoms with van der Waals surface area (Å²) < 4.78 is 5.20. The van der Waals surface area contributed by atoms with Crippen LogP contribution in [0, 0.1) is 29.6 Å². The average Bonchev–Trinajstić information content (AvgIpc) is 3.33. The number of carbonyl (C=O) groups excluding carboxylic acids is 2. The van der Waals surface area contributed by atoms with E-state index < -0.39 is 0 Å². The van der Waals surface area contributed by atoms with Gasteiger partial charge in [0.1, 0.15) is 11.9 Å². The molecular weight excluding hydrogens is 308 g/mol. The maximum atomic E-state index is 12.5. The van der Waals surface area contributed by atoms with Crippen molar-refractivity contribution in [3.63, 3.8) is 0 Å². The molecule has 3 fully saturated rings. The Morgan fingerprint density at radius 1 is 1.08 bits per heavy atom. The lowest BCUT2D eigenvalue weighted by atomic mass is 9.71. The van der Waals surface area contributed by atoms with E-state index in [1.165, 1.54) is 4.90 Å². The maximum absolute atomic E-state index is 12.5. The number of benzene rings is 1. The lowest BCUT2D eigenvalue weighted by molar-refractivity contribution is -0.139. The van der Waals surface area contributed by atoms with E-state index in [9.17, 15) is 9.59 Å². The van der Waals surface area contributed by atoms with Crippen LogP contribution in [0.15, 0.2) is 29.4 Å². The molecular formula is C18H18N2O4. The fraction of sp³-hybridized carbons (Fsp3) is 0.500. The fourth-order valence-electron chi connectivity index (χ4n) is 5.28. The molecule has 1 saturated heterocycles. The van der Waals surface area contributed by atoms with Crippen LogP contribution in [0.1, 0.15) is 12.0 Å². The van der Waals surface area contributed by atoms with Gasteiger partial charge in [0.05, 0.1) is 24.7 Å². The van der Waals surface area contributed by atoms with Crippen LogP contribution in [-0.4, -0.2) is 42.7 Å². The standard InChI is InChI=1S/C18H18N2O4/c1-20-17(21)12-10-7-11(13(12)18(20)22)16-14(10)15(19-24-16)8-3-5-9(23-2)6-4-8/h3-6,10-14,16H,7H2,1-2H3/t10-,11+,12-,13+,14-,16-/m1/s1. The highest BCUT2D eigenvalue weighted by atomic mass is 16.6. The number of nitrogens with zero attached hydrogens (tertiary/aromatic N) is 2. The lowest BCUT2D eigenvalue weighted by Gasteiger charge is -2.29.